The van der Waals surface area contributed by atoms with E-state index in [4.69, 9.17) is 9.47 Å². The lowest BCUT2D eigenvalue weighted by molar-refractivity contribution is -0.176. The summed E-state index contributed by atoms with van der Waals surface area (Å²) in [5.41, 5.74) is -3.26. The Balaban J connectivity index is 1.94. The van der Waals surface area contributed by atoms with E-state index in [1.54, 1.807) is 6.92 Å². The van der Waals surface area contributed by atoms with E-state index >= 15 is 0 Å². The first kappa shape index (κ1) is 28.7. The zero-order chi connectivity index (χ0) is 28.6. The molecule has 210 valence electrons. The molecular weight excluding hydrogens is 488 g/mol. The number of allylic oxidation sites excluding steroid dienone is 1. The van der Waals surface area contributed by atoms with Gasteiger partial charge in [0.05, 0.1) is 18.6 Å². The highest BCUT2D eigenvalue weighted by Crippen LogP contribution is 2.70. The van der Waals surface area contributed by atoms with Crippen molar-refractivity contribution in [1.82, 2.24) is 0 Å². The lowest BCUT2D eigenvalue weighted by atomic mass is 9.42. The second kappa shape index (κ2) is 9.10. The maximum atomic E-state index is 14.5. The number of rotatable bonds is 5. The van der Waals surface area contributed by atoms with Crippen LogP contribution in [0.1, 0.15) is 87.0 Å². The number of carbonyl (C=O) groups excluding carboxylic acids is 5. The number of hydrogen-bond acceptors (Lipinski definition) is 8. The van der Waals surface area contributed by atoms with Crippen LogP contribution in [0.5, 0.6) is 0 Å². The fourth-order valence-electron chi connectivity index (χ4n) is 8.81. The second-order valence-electron chi connectivity index (χ2n) is 13.3. The molecule has 2 fully saturated rings. The van der Waals surface area contributed by atoms with Crippen molar-refractivity contribution in [2.75, 3.05) is 7.11 Å². The molecule has 8 heteroatoms. The summed E-state index contributed by atoms with van der Waals surface area (Å²) >= 11 is 0. The maximum Gasteiger partial charge on any atom is 0.305 e. The van der Waals surface area contributed by atoms with Crippen LogP contribution in [0.25, 0.3) is 0 Å². The number of ketones is 3. The van der Waals surface area contributed by atoms with Crippen molar-refractivity contribution >= 4 is 29.3 Å². The Kier molecular flexibility index (Phi) is 6.86. The number of carbonyl (C=O) groups is 5. The van der Waals surface area contributed by atoms with E-state index in [2.05, 4.69) is 0 Å². The Morgan fingerprint density at radius 3 is 2.26 bits per heavy atom. The number of fused-ring (bicyclic) bond motifs is 4. The van der Waals surface area contributed by atoms with Gasteiger partial charge in [0.15, 0.2) is 11.9 Å². The minimum absolute atomic E-state index is 0.120. The van der Waals surface area contributed by atoms with Gasteiger partial charge >= 0.3 is 11.9 Å². The van der Waals surface area contributed by atoms with Gasteiger partial charge in [0.25, 0.3) is 0 Å². The molecule has 0 aromatic carbocycles. The molecule has 8 atom stereocenters. The second-order valence-corrected chi connectivity index (χ2v) is 13.3. The molecule has 4 aliphatic carbocycles. The van der Waals surface area contributed by atoms with E-state index in [1.807, 2.05) is 34.6 Å². The molecule has 0 radical (unpaired) electrons. The van der Waals surface area contributed by atoms with E-state index in [-0.39, 0.29) is 54.2 Å². The number of aliphatic hydroxyl groups is 1. The van der Waals surface area contributed by atoms with Gasteiger partial charge in [-0.25, -0.2) is 0 Å². The number of methoxy groups -OCH3 is 1. The summed E-state index contributed by atoms with van der Waals surface area (Å²) in [4.78, 5) is 66.9. The van der Waals surface area contributed by atoms with E-state index in [1.165, 1.54) is 14.0 Å². The Labute approximate surface area is 224 Å². The van der Waals surface area contributed by atoms with Gasteiger partial charge in [0.2, 0.25) is 5.78 Å². The van der Waals surface area contributed by atoms with Crippen molar-refractivity contribution in [2.45, 2.75) is 99.2 Å². The van der Waals surface area contributed by atoms with Crippen LogP contribution in [-0.4, -0.2) is 53.7 Å². The van der Waals surface area contributed by atoms with Crippen LogP contribution in [0, 0.1) is 39.4 Å². The molecule has 0 aliphatic heterocycles. The molecule has 0 saturated heterocycles. The molecule has 0 amide bonds. The SMILES string of the molecule is COC(=O)CC[C@@H](C)[C@H]1CC(=O)[C@@]2(C)C3=C(C(=O)[C@@H](OC(C)=O)[C@]12C)[C@@]1(C)CC[C@H](O)C(C)(C)C1CC3=O. The third kappa shape index (κ3) is 3.61. The minimum Gasteiger partial charge on any atom is -0.469 e. The predicted molar refractivity (Wildman–Crippen MR) is 138 cm³/mol. The quantitative estimate of drug-likeness (QED) is 0.533. The first-order chi connectivity index (χ1) is 17.5. The predicted octanol–water partition coefficient (Wildman–Crippen LogP) is 3.76. The van der Waals surface area contributed by atoms with Crippen molar-refractivity contribution in [1.29, 1.82) is 0 Å². The molecule has 38 heavy (non-hydrogen) atoms. The number of esters is 2. The van der Waals surface area contributed by atoms with Gasteiger partial charge in [-0.15, -0.1) is 0 Å². The number of hydrogen-bond donors (Lipinski definition) is 1. The van der Waals surface area contributed by atoms with Crippen molar-refractivity contribution in [2.24, 2.45) is 39.4 Å². The van der Waals surface area contributed by atoms with Crippen LogP contribution < -0.4 is 0 Å². The van der Waals surface area contributed by atoms with Crippen molar-refractivity contribution < 1.29 is 38.6 Å². The highest BCUT2D eigenvalue weighted by Gasteiger charge is 2.74. The highest BCUT2D eigenvalue weighted by atomic mass is 16.5. The first-order valence-electron chi connectivity index (χ1n) is 13.8. The van der Waals surface area contributed by atoms with Gasteiger partial charge in [-0.05, 0) is 49.4 Å². The third-order valence-corrected chi connectivity index (χ3v) is 11.3. The minimum atomic E-state index is -1.33. The van der Waals surface area contributed by atoms with Gasteiger partial charge in [-0.3, -0.25) is 24.0 Å². The van der Waals surface area contributed by atoms with Gasteiger partial charge in [0, 0.05) is 48.2 Å². The van der Waals surface area contributed by atoms with Crippen molar-refractivity contribution in [3.8, 4) is 0 Å². The number of ether oxygens (including phenoxy) is 2. The largest absolute Gasteiger partial charge is 0.469 e. The summed E-state index contributed by atoms with van der Waals surface area (Å²) in [6.07, 6.45) is -0.0415. The van der Waals surface area contributed by atoms with Gasteiger partial charge in [-0.2, -0.15) is 0 Å². The molecule has 2 saturated carbocycles. The summed E-state index contributed by atoms with van der Waals surface area (Å²) in [7, 11) is 1.32. The molecule has 4 aliphatic rings. The van der Waals surface area contributed by atoms with E-state index in [0.717, 1.165) is 0 Å². The van der Waals surface area contributed by atoms with E-state index in [9.17, 15) is 29.1 Å². The van der Waals surface area contributed by atoms with Crippen LogP contribution in [-0.2, 0) is 33.4 Å². The number of aliphatic hydroxyl groups excluding tert-OH is 1. The molecule has 0 aromatic rings. The zero-order valence-electron chi connectivity index (χ0n) is 23.9. The van der Waals surface area contributed by atoms with E-state index < -0.39 is 51.5 Å². The molecule has 0 bridgehead atoms. The first-order valence-corrected chi connectivity index (χ1v) is 13.8. The summed E-state index contributed by atoms with van der Waals surface area (Å²) in [5.74, 6) is -2.63. The average molecular weight is 531 g/mol. The van der Waals surface area contributed by atoms with Gasteiger partial charge < -0.3 is 14.6 Å². The van der Waals surface area contributed by atoms with Crippen LogP contribution in [0.2, 0.25) is 0 Å². The lowest BCUT2D eigenvalue weighted by Gasteiger charge is -2.61. The van der Waals surface area contributed by atoms with Gasteiger partial charge in [-0.1, -0.05) is 34.6 Å². The van der Waals surface area contributed by atoms with Crippen molar-refractivity contribution in [3.63, 3.8) is 0 Å². The zero-order valence-corrected chi connectivity index (χ0v) is 23.9. The lowest BCUT2D eigenvalue weighted by Crippen LogP contribution is -2.65. The molecule has 1 unspecified atom stereocenters. The maximum absolute atomic E-state index is 14.5. The monoisotopic (exact) mass is 530 g/mol. The van der Waals surface area contributed by atoms with Gasteiger partial charge in [0.1, 0.15) is 5.78 Å². The topological polar surface area (TPSA) is 124 Å². The number of Topliss-reactive ketones (excluding diaryl/α,β-unsaturated/α-hetero) is 3. The molecule has 4 rings (SSSR count). The summed E-state index contributed by atoms with van der Waals surface area (Å²) in [6, 6.07) is 0. The normalized spacial score (nSPS) is 40.7. The Morgan fingerprint density at radius 2 is 1.68 bits per heavy atom. The smallest absolute Gasteiger partial charge is 0.305 e. The Bertz CT molecular complexity index is 1130. The van der Waals surface area contributed by atoms with Crippen LogP contribution in [0.4, 0.5) is 0 Å². The molecule has 0 spiro atoms. The fraction of sp³-hybridized carbons (Fsp3) is 0.767. The highest BCUT2D eigenvalue weighted by molar-refractivity contribution is 6.18. The third-order valence-electron chi connectivity index (χ3n) is 11.3. The van der Waals surface area contributed by atoms with Crippen LogP contribution >= 0.6 is 0 Å². The average Bonchev–Trinajstić information content (AvgIpc) is 3.05. The summed E-state index contributed by atoms with van der Waals surface area (Å²) < 4.78 is 10.6. The summed E-state index contributed by atoms with van der Waals surface area (Å²) in [5, 5.41) is 10.8. The molecule has 0 heterocycles. The molecular formula is C30H42O8. The molecule has 8 nitrogen and oxygen atoms in total. The molecule has 1 N–H and O–H groups in total. The fourth-order valence-corrected chi connectivity index (χ4v) is 8.81. The standard InChI is InChI=1S/C30H42O8/c1-15(9-10-22(35)37-8)17-13-21(34)30(7)23-18(32)14-19-27(3,4)20(33)11-12-28(19,5)24(23)25(36)26(29(17,30)6)38-16(2)31/h15,17,19-20,26,33H,9-14H2,1-8H3/t15-,17-,19?,20+,26-,28+,29+,30+/m1/s1. The van der Waals surface area contributed by atoms with E-state index in [0.29, 0.717) is 24.8 Å². The van der Waals surface area contributed by atoms with Crippen molar-refractivity contribution in [3.05, 3.63) is 11.1 Å². The van der Waals surface area contributed by atoms with Crippen LogP contribution in [0.15, 0.2) is 11.1 Å². The Morgan fingerprint density at radius 1 is 1.05 bits per heavy atom. The summed E-state index contributed by atoms with van der Waals surface area (Å²) in [6.45, 7) is 12.6. The van der Waals surface area contributed by atoms with Crippen LogP contribution in [0.3, 0.4) is 0 Å². The Hall–Kier alpha value is -2.35. The molecule has 0 aromatic heterocycles.